The number of Topliss-reactive ketones (excluding diaryl/α,β-unsaturated/α-hetero) is 1. The van der Waals surface area contributed by atoms with Gasteiger partial charge >= 0.3 is 5.95 Å². The molecule has 0 fully saturated rings. The molecular formula is C30H34ClN3O2S2. The fourth-order valence-electron chi connectivity index (χ4n) is 5.79. The Morgan fingerprint density at radius 1 is 1.00 bits per heavy atom. The first kappa shape index (κ1) is 28.5. The zero-order valence-electron chi connectivity index (χ0n) is 22.6. The Kier molecular flexibility index (Phi) is 7.45. The van der Waals surface area contributed by atoms with Gasteiger partial charge in [-0.3, -0.25) is 4.79 Å². The van der Waals surface area contributed by atoms with E-state index in [1.165, 1.54) is 5.56 Å². The second-order valence-electron chi connectivity index (χ2n) is 11.2. The Bertz CT molecular complexity index is 1470. The average molecular weight is 568 g/mol. The van der Waals surface area contributed by atoms with Crippen LogP contribution in [0.3, 0.4) is 0 Å². The van der Waals surface area contributed by atoms with Crippen molar-refractivity contribution in [3.05, 3.63) is 82.7 Å². The molecule has 4 aromatic rings. The summed E-state index contributed by atoms with van der Waals surface area (Å²) >= 11 is 9.94. The molecule has 8 heteroatoms. The topological polar surface area (TPSA) is 58.9 Å². The van der Waals surface area contributed by atoms with E-state index >= 15 is 0 Å². The first-order valence-corrected chi connectivity index (χ1v) is 13.4. The van der Waals surface area contributed by atoms with Crippen molar-refractivity contribution in [2.24, 2.45) is 0 Å². The fourth-order valence-corrected chi connectivity index (χ4v) is 6.45. The van der Waals surface area contributed by atoms with Gasteiger partial charge in [-0.1, -0.05) is 35.3 Å². The summed E-state index contributed by atoms with van der Waals surface area (Å²) in [5.74, 6) is 1.75. The third-order valence-electron chi connectivity index (χ3n) is 7.79. The normalized spacial score (nSPS) is 15.8. The molecule has 0 bridgehead atoms. The number of aromatic amines is 1. The molecule has 2 aromatic carbocycles. The fraction of sp³-hybridized carbons (Fsp3) is 0.367. The van der Waals surface area contributed by atoms with Crippen LogP contribution in [0.1, 0.15) is 55.6 Å². The van der Waals surface area contributed by atoms with Gasteiger partial charge in [0, 0.05) is 28.9 Å². The smallest absolute Gasteiger partial charge is 0.402 e. The van der Waals surface area contributed by atoms with E-state index in [1.54, 1.807) is 7.11 Å². The number of ether oxygens (including phenoxy) is 1. The molecule has 0 amide bonds. The summed E-state index contributed by atoms with van der Waals surface area (Å²) in [6.07, 6.45) is 3.26. The van der Waals surface area contributed by atoms with E-state index < -0.39 is 14.9 Å². The summed E-state index contributed by atoms with van der Waals surface area (Å²) in [4.78, 5) is 21.6. The van der Waals surface area contributed by atoms with Gasteiger partial charge < -0.3 is 17.1 Å². The lowest BCUT2D eigenvalue weighted by Gasteiger charge is -2.24. The van der Waals surface area contributed by atoms with E-state index in [1.807, 2.05) is 58.2 Å². The first-order chi connectivity index (χ1) is 17.3. The van der Waals surface area contributed by atoms with Crippen LogP contribution >= 0.6 is 25.3 Å². The van der Waals surface area contributed by atoms with Crippen LogP contribution in [0.25, 0.3) is 17.0 Å². The van der Waals surface area contributed by atoms with E-state index in [9.17, 15) is 4.79 Å². The van der Waals surface area contributed by atoms with Crippen LogP contribution in [0.4, 0.5) is 0 Å². The summed E-state index contributed by atoms with van der Waals surface area (Å²) in [7, 11) is 1.68. The summed E-state index contributed by atoms with van der Waals surface area (Å²) in [5, 5.41) is 0. The van der Waals surface area contributed by atoms with E-state index in [4.69, 9.17) is 35.0 Å². The summed E-state index contributed by atoms with van der Waals surface area (Å²) in [6.45, 7) is 10.1. The number of H-pyrrole nitrogens is 1. The number of methoxy groups -OCH3 is 1. The van der Waals surface area contributed by atoms with Crippen molar-refractivity contribution in [2.75, 3.05) is 7.11 Å². The van der Waals surface area contributed by atoms with Gasteiger partial charge in [0.2, 0.25) is 0 Å². The van der Waals surface area contributed by atoms with Gasteiger partial charge in [-0.15, -0.1) is 0 Å². The predicted molar refractivity (Wildman–Crippen MR) is 155 cm³/mol. The molecule has 1 aliphatic rings. The zero-order valence-corrected chi connectivity index (χ0v) is 25.1. The second-order valence-corrected chi connectivity index (χ2v) is 13.3. The van der Waals surface area contributed by atoms with Gasteiger partial charge in [-0.25, -0.2) is 9.55 Å². The number of halogens is 1. The number of imidazole rings is 1. The molecular weight excluding hydrogens is 534 g/mol. The van der Waals surface area contributed by atoms with Gasteiger partial charge in [0.25, 0.3) is 0 Å². The van der Waals surface area contributed by atoms with Crippen molar-refractivity contribution in [1.29, 1.82) is 0 Å². The molecule has 0 saturated carbocycles. The first-order valence-electron chi connectivity index (χ1n) is 12.5. The molecule has 5 nitrogen and oxygen atoms in total. The maximum atomic E-state index is 13.1. The maximum Gasteiger partial charge on any atom is 0.402 e. The van der Waals surface area contributed by atoms with Crippen molar-refractivity contribution in [3.63, 3.8) is 0 Å². The highest BCUT2D eigenvalue weighted by atomic mass is 35.5. The molecule has 2 heterocycles. The molecule has 0 spiro atoms. The van der Waals surface area contributed by atoms with Gasteiger partial charge in [0.05, 0.1) is 23.1 Å². The van der Waals surface area contributed by atoms with E-state index in [0.29, 0.717) is 18.8 Å². The van der Waals surface area contributed by atoms with Gasteiger partial charge in [-0.2, -0.15) is 25.3 Å². The SMILES string of the molecule is COc1cc[n+](-c2nc3cc4c(cc3[nH]2)C(C)(C)C(=O)C4(C)C)c(CC(S)(S)Cc2ccccc2)c1C.[Cl-]. The summed E-state index contributed by atoms with van der Waals surface area (Å²) < 4.78 is 7.12. The maximum absolute atomic E-state index is 13.1. The van der Waals surface area contributed by atoms with E-state index in [0.717, 1.165) is 39.2 Å². The molecule has 0 unspecified atom stereocenters. The van der Waals surface area contributed by atoms with Crippen LogP contribution in [0, 0.1) is 6.92 Å². The molecule has 2 aromatic heterocycles. The van der Waals surface area contributed by atoms with Gasteiger partial charge in [0.1, 0.15) is 11.3 Å². The van der Waals surface area contributed by atoms with Crippen LogP contribution in [-0.4, -0.2) is 26.9 Å². The number of ketones is 1. The standard InChI is InChI=1S/C30H33N3O2S2.ClH/c1-18-24(17-30(36,37)16-19-10-8-7-9-11-19)33(13-12-25(18)35-6)27-31-22-14-20-21(15-23(22)32-27)29(4,5)26(34)28(20,2)3;/h7-15H,16-17H2,1-6H3,(H2-,31,32,36,37);1H. The Labute approximate surface area is 241 Å². The molecule has 1 N–H and O–H groups in total. The number of fused-ring (bicyclic) bond motifs is 2. The lowest BCUT2D eigenvalue weighted by molar-refractivity contribution is -0.612. The molecule has 0 radical (unpaired) electrons. The number of carbonyl (C=O) groups is 1. The molecule has 38 heavy (non-hydrogen) atoms. The second kappa shape index (κ2) is 9.92. The highest BCUT2D eigenvalue weighted by molar-refractivity contribution is 8.00. The van der Waals surface area contributed by atoms with E-state index in [-0.39, 0.29) is 18.2 Å². The van der Waals surface area contributed by atoms with Crippen molar-refractivity contribution in [1.82, 2.24) is 9.97 Å². The number of carbonyl (C=O) groups excluding carboxylic acids is 1. The third kappa shape index (κ3) is 4.74. The molecule has 0 aliphatic heterocycles. The number of pyridine rings is 1. The van der Waals surface area contributed by atoms with Crippen LogP contribution in [0.5, 0.6) is 5.75 Å². The summed E-state index contributed by atoms with van der Waals surface area (Å²) in [6, 6.07) is 16.4. The molecule has 5 rings (SSSR count). The molecule has 200 valence electrons. The van der Waals surface area contributed by atoms with Crippen LogP contribution in [0.15, 0.2) is 54.7 Å². The van der Waals surface area contributed by atoms with Gasteiger partial charge in [0.15, 0.2) is 11.3 Å². The van der Waals surface area contributed by atoms with Crippen molar-refractivity contribution in [3.8, 4) is 11.7 Å². The number of benzene rings is 2. The minimum absolute atomic E-state index is 0. The molecule has 0 saturated heterocycles. The quantitative estimate of drug-likeness (QED) is 0.191. The lowest BCUT2D eigenvalue weighted by atomic mass is 9.80. The Morgan fingerprint density at radius 2 is 1.63 bits per heavy atom. The van der Waals surface area contributed by atoms with Crippen molar-refractivity contribution < 1.29 is 26.5 Å². The average Bonchev–Trinajstić information content (AvgIpc) is 3.31. The Hall–Kier alpha value is -2.48. The number of hydrogen-bond acceptors (Lipinski definition) is 5. The zero-order chi connectivity index (χ0) is 26.8. The predicted octanol–water partition coefficient (Wildman–Crippen LogP) is 2.64. The van der Waals surface area contributed by atoms with Crippen molar-refractivity contribution >= 4 is 42.1 Å². The van der Waals surface area contributed by atoms with Gasteiger partial charge in [-0.05, 0) is 69.9 Å². The van der Waals surface area contributed by atoms with Crippen LogP contribution in [-0.2, 0) is 28.5 Å². The number of nitrogens with one attached hydrogen (secondary N) is 1. The number of rotatable bonds is 6. The minimum atomic E-state index is -0.595. The highest BCUT2D eigenvalue weighted by Gasteiger charge is 2.51. The van der Waals surface area contributed by atoms with Crippen LogP contribution < -0.4 is 21.7 Å². The lowest BCUT2D eigenvalue weighted by Crippen LogP contribution is -3.00. The molecule has 1 aliphatic carbocycles. The Morgan fingerprint density at radius 3 is 2.26 bits per heavy atom. The summed E-state index contributed by atoms with van der Waals surface area (Å²) in [5.41, 5.74) is 5.99. The van der Waals surface area contributed by atoms with Crippen molar-refractivity contribution in [2.45, 2.75) is 62.4 Å². The Balaban J connectivity index is 0.00000336. The van der Waals surface area contributed by atoms with Crippen LogP contribution in [0.2, 0.25) is 0 Å². The monoisotopic (exact) mass is 567 g/mol. The minimum Gasteiger partial charge on any atom is -1.00 e. The number of aromatic nitrogens is 3. The largest absolute Gasteiger partial charge is 1.00 e. The van der Waals surface area contributed by atoms with E-state index in [2.05, 4.69) is 40.7 Å². The number of thiol groups is 2. The molecule has 0 atom stereocenters. The highest BCUT2D eigenvalue weighted by Crippen LogP contribution is 2.47. The number of nitrogens with zero attached hydrogens (tertiary/aromatic N) is 2. The number of hydrogen-bond donors (Lipinski definition) is 3. The third-order valence-corrected chi connectivity index (χ3v) is 8.42.